The number of nitro groups is 1. The average Bonchev–Trinajstić information content (AvgIpc) is 2.80. The second-order valence-corrected chi connectivity index (χ2v) is 4.20. The molecule has 0 aliphatic heterocycles. The molecule has 0 saturated carbocycles. The number of rotatable bonds is 4. The van der Waals surface area contributed by atoms with Gasteiger partial charge in [-0.05, 0) is 12.1 Å². The number of carboxylic acids is 1. The lowest BCUT2D eigenvalue weighted by Gasteiger charge is -2.04. The lowest BCUT2D eigenvalue weighted by atomic mass is 10.2. The van der Waals surface area contributed by atoms with Crippen LogP contribution in [0.15, 0.2) is 30.7 Å². The Morgan fingerprint density at radius 1 is 1.53 bits per heavy atom. The van der Waals surface area contributed by atoms with Crippen LogP contribution in [-0.4, -0.2) is 25.6 Å². The largest absolute Gasteiger partial charge is 0.476 e. The zero-order chi connectivity index (χ0) is 14.0. The van der Waals surface area contributed by atoms with E-state index in [-0.39, 0.29) is 22.9 Å². The fourth-order valence-corrected chi connectivity index (χ4v) is 1.76. The fraction of sp³-hybridized carbons (Fsp3) is 0.0909. The Kier molecular flexibility index (Phi) is 3.48. The first-order chi connectivity index (χ1) is 8.97. The summed E-state index contributed by atoms with van der Waals surface area (Å²) in [6, 6.07) is 4.33. The molecule has 0 fully saturated rings. The van der Waals surface area contributed by atoms with Crippen molar-refractivity contribution in [3.05, 3.63) is 57.1 Å². The van der Waals surface area contributed by atoms with Crippen LogP contribution >= 0.6 is 11.6 Å². The Morgan fingerprint density at radius 3 is 2.84 bits per heavy atom. The van der Waals surface area contributed by atoms with E-state index in [1.54, 1.807) is 6.07 Å². The van der Waals surface area contributed by atoms with Crippen molar-refractivity contribution < 1.29 is 14.8 Å². The normalized spacial score (nSPS) is 10.4. The van der Waals surface area contributed by atoms with Gasteiger partial charge in [0, 0.05) is 22.8 Å². The fourth-order valence-electron chi connectivity index (χ4n) is 1.59. The number of hydrogen-bond donors (Lipinski definition) is 1. The molecule has 0 aliphatic rings. The minimum atomic E-state index is -1.15. The van der Waals surface area contributed by atoms with Crippen molar-refractivity contribution in [3.8, 4) is 0 Å². The van der Waals surface area contributed by atoms with Gasteiger partial charge in [0.2, 0.25) is 0 Å². The van der Waals surface area contributed by atoms with Crippen LogP contribution in [0.3, 0.4) is 0 Å². The Balaban J connectivity index is 2.32. The molecule has 0 aliphatic carbocycles. The molecule has 2 rings (SSSR count). The van der Waals surface area contributed by atoms with E-state index in [9.17, 15) is 14.9 Å². The minimum Gasteiger partial charge on any atom is -0.476 e. The molecule has 0 radical (unpaired) electrons. The van der Waals surface area contributed by atoms with Crippen LogP contribution in [0.1, 0.15) is 16.1 Å². The molecule has 0 atom stereocenters. The maximum Gasteiger partial charge on any atom is 0.356 e. The van der Waals surface area contributed by atoms with E-state index in [0.717, 1.165) is 0 Å². The average molecular weight is 282 g/mol. The molecule has 2 aromatic rings. The summed E-state index contributed by atoms with van der Waals surface area (Å²) in [7, 11) is 0. The van der Waals surface area contributed by atoms with Gasteiger partial charge >= 0.3 is 5.97 Å². The number of nitro benzene ring substituents is 1. The first-order valence-corrected chi connectivity index (χ1v) is 5.53. The molecule has 7 nitrogen and oxygen atoms in total. The number of aromatic carboxylic acids is 1. The molecule has 1 heterocycles. The van der Waals surface area contributed by atoms with Crippen molar-refractivity contribution >= 4 is 23.3 Å². The van der Waals surface area contributed by atoms with E-state index in [0.29, 0.717) is 5.56 Å². The van der Waals surface area contributed by atoms with Gasteiger partial charge in [0.15, 0.2) is 5.69 Å². The summed E-state index contributed by atoms with van der Waals surface area (Å²) in [6.07, 6.45) is 2.61. The zero-order valence-corrected chi connectivity index (χ0v) is 10.2. The Labute approximate surface area is 112 Å². The van der Waals surface area contributed by atoms with Gasteiger partial charge in [0.25, 0.3) is 5.69 Å². The summed E-state index contributed by atoms with van der Waals surface area (Å²) in [4.78, 5) is 24.7. The Bertz CT molecular complexity index is 653. The molecule has 0 unspecified atom stereocenters. The molecule has 0 bridgehead atoms. The lowest BCUT2D eigenvalue weighted by molar-refractivity contribution is -0.385. The minimum absolute atomic E-state index is 0.113. The highest BCUT2D eigenvalue weighted by molar-refractivity contribution is 6.30. The van der Waals surface area contributed by atoms with E-state index in [1.807, 2.05) is 0 Å². The van der Waals surface area contributed by atoms with Crippen LogP contribution in [0, 0.1) is 10.1 Å². The number of halogens is 1. The van der Waals surface area contributed by atoms with E-state index in [1.165, 1.54) is 29.2 Å². The van der Waals surface area contributed by atoms with Gasteiger partial charge in [-0.3, -0.25) is 10.1 Å². The SMILES string of the molecule is O=C(O)c1cn(Cc2ccc(Cl)cc2[N+](=O)[O-])cn1. The van der Waals surface area contributed by atoms with E-state index >= 15 is 0 Å². The molecule has 19 heavy (non-hydrogen) atoms. The molecule has 1 N–H and O–H groups in total. The second kappa shape index (κ2) is 5.07. The van der Waals surface area contributed by atoms with Crippen molar-refractivity contribution in [1.82, 2.24) is 9.55 Å². The third kappa shape index (κ3) is 2.89. The predicted octanol–water partition coefficient (Wildman–Crippen LogP) is 2.19. The Hall–Kier alpha value is -2.41. The highest BCUT2D eigenvalue weighted by atomic mass is 35.5. The van der Waals surface area contributed by atoms with Crippen LogP contribution < -0.4 is 0 Å². The number of nitrogens with zero attached hydrogens (tertiary/aromatic N) is 3. The third-order valence-electron chi connectivity index (χ3n) is 2.45. The van der Waals surface area contributed by atoms with Gasteiger partial charge in [-0.25, -0.2) is 9.78 Å². The molecule has 0 spiro atoms. The van der Waals surface area contributed by atoms with Crippen molar-refractivity contribution in [2.75, 3.05) is 0 Å². The highest BCUT2D eigenvalue weighted by Gasteiger charge is 2.15. The van der Waals surface area contributed by atoms with E-state index < -0.39 is 10.9 Å². The van der Waals surface area contributed by atoms with Crippen LogP contribution in [0.25, 0.3) is 0 Å². The van der Waals surface area contributed by atoms with E-state index in [4.69, 9.17) is 16.7 Å². The maximum absolute atomic E-state index is 10.9. The van der Waals surface area contributed by atoms with Crippen LogP contribution in [0.5, 0.6) is 0 Å². The van der Waals surface area contributed by atoms with Crippen molar-refractivity contribution in [1.29, 1.82) is 0 Å². The number of aromatic nitrogens is 2. The molecule has 0 amide bonds. The maximum atomic E-state index is 10.9. The number of hydrogen-bond acceptors (Lipinski definition) is 4. The molecule has 8 heteroatoms. The summed E-state index contributed by atoms with van der Waals surface area (Å²) in [6.45, 7) is 0.147. The van der Waals surface area contributed by atoms with Crippen molar-refractivity contribution in [2.24, 2.45) is 0 Å². The summed E-state index contributed by atoms with van der Waals surface area (Å²) < 4.78 is 1.46. The topological polar surface area (TPSA) is 98.3 Å². The Morgan fingerprint density at radius 2 is 2.26 bits per heavy atom. The molecule has 1 aromatic carbocycles. The quantitative estimate of drug-likeness (QED) is 0.684. The molecule has 1 aromatic heterocycles. The first-order valence-electron chi connectivity index (χ1n) is 5.15. The second-order valence-electron chi connectivity index (χ2n) is 3.77. The van der Waals surface area contributed by atoms with Crippen LogP contribution in [0.4, 0.5) is 5.69 Å². The predicted molar refractivity (Wildman–Crippen MR) is 66.4 cm³/mol. The van der Waals surface area contributed by atoms with Gasteiger partial charge in [0.05, 0.1) is 17.8 Å². The van der Waals surface area contributed by atoms with Gasteiger partial charge in [-0.1, -0.05) is 11.6 Å². The third-order valence-corrected chi connectivity index (χ3v) is 2.68. The summed E-state index contributed by atoms with van der Waals surface area (Å²) in [5.41, 5.74) is 0.193. The number of carboxylic acid groups (broad SMARTS) is 1. The van der Waals surface area contributed by atoms with E-state index in [2.05, 4.69) is 4.98 Å². The molecular formula is C11H8ClN3O4. The van der Waals surface area contributed by atoms with Crippen molar-refractivity contribution in [3.63, 3.8) is 0 Å². The molecular weight excluding hydrogens is 274 g/mol. The number of carbonyl (C=O) groups is 1. The zero-order valence-electron chi connectivity index (χ0n) is 9.49. The van der Waals surface area contributed by atoms with Crippen LogP contribution in [0.2, 0.25) is 5.02 Å². The summed E-state index contributed by atoms with van der Waals surface area (Å²) in [5.74, 6) is -1.15. The van der Waals surface area contributed by atoms with Gasteiger partial charge in [-0.2, -0.15) is 0 Å². The van der Waals surface area contributed by atoms with Gasteiger partial charge in [0.1, 0.15) is 0 Å². The van der Waals surface area contributed by atoms with Crippen LogP contribution in [-0.2, 0) is 6.54 Å². The molecule has 98 valence electrons. The molecule has 0 saturated heterocycles. The number of imidazole rings is 1. The van der Waals surface area contributed by atoms with Gasteiger partial charge < -0.3 is 9.67 Å². The number of benzene rings is 1. The lowest BCUT2D eigenvalue weighted by Crippen LogP contribution is -2.02. The van der Waals surface area contributed by atoms with Gasteiger partial charge in [-0.15, -0.1) is 0 Å². The standard InChI is InChI=1S/C11H8ClN3O4/c12-8-2-1-7(10(3-8)15(18)19)4-14-5-9(11(16)17)13-6-14/h1-3,5-6H,4H2,(H,16,17). The monoisotopic (exact) mass is 281 g/mol. The van der Waals surface area contributed by atoms with Crippen molar-refractivity contribution in [2.45, 2.75) is 6.54 Å². The summed E-state index contributed by atoms with van der Waals surface area (Å²) in [5, 5.41) is 19.9. The first kappa shape index (κ1) is 13.0. The highest BCUT2D eigenvalue weighted by Crippen LogP contribution is 2.24. The summed E-state index contributed by atoms with van der Waals surface area (Å²) >= 11 is 5.71. The smallest absolute Gasteiger partial charge is 0.356 e.